The topological polar surface area (TPSA) is 90.6 Å². The first kappa shape index (κ1) is 26.9. The van der Waals surface area contributed by atoms with Crippen molar-refractivity contribution in [3.8, 4) is 6.07 Å². The van der Waals surface area contributed by atoms with E-state index in [1.165, 1.54) is 37.6 Å². The number of halogens is 3. The predicted octanol–water partition coefficient (Wildman–Crippen LogP) is 5.03. The van der Waals surface area contributed by atoms with E-state index < -0.39 is 17.9 Å². The van der Waals surface area contributed by atoms with Crippen LogP contribution in [0.2, 0.25) is 0 Å². The molecule has 0 bridgehead atoms. The SMILES string of the molecule is C=C/C(=C\C=C1/CN=C(C(F)(F)F)N(c2ccc(NC(=O)/C=C/C(C#N)=C\C=C/C)nc2)C1)OC. The Labute approximate surface area is 201 Å². The van der Waals surface area contributed by atoms with Crippen LogP contribution >= 0.6 is 0 Å². The molecule has 182 valence electrons. The first-order valence-electron chi connectivity index (χ1n) is 10.3. The number of aliphatic imine (C=N–C) groups is 1. The van der Waals surface area contributed by atoms with Crippen LogP contribution in [0.25, 0.3) is 0 Å². The van der Waals surface area contributed by atoms with Crippen LogP contribution < -0.4 is 10.2 Å². The summed E-state index contributed by atoms with van der Waals surface area (Å²) in [5, 5.41) is 11.5. The molecule has 1 N–H and O–H groups in total. The average molecular weight is 483 g/mol. The van der Waals surface area contributed by atoms with Gasteiger partial charge in [0.2, 0.25) is 11.7 Å². The summed E-state index contributed by atoms with van der Waals surface area (Å²) >= 11 is 0. The Morgan fingerprint density at radius 1 is 1.31 bits per heavy atom. The van der Waals surface area contributed by atoms with Crippen LogP contribution in [0.5, 0.6) is 0 Å². The Balaban J connectivity index is 2.22. The number of nitriles is 1. The van der Waals surface area contributed by atoms with E-state index in [0.717, 1.165) is 11.0 Å². The summed E-state index contributed by atoms with van der Waals surface area (Å²) in [4.78, 5) is 20.9. The van der Waals surface area contributed by atoms with Gasteiger partial charge in [-0.05, 0) is 48.9 Å². The van der Waals surface area contributed by atoms with Crippen molar-refractivity contribution in [1.29, 1.82) is 5.26 Å². The summed E-state index contributed by atoms with van der Waals surface area (Å²) < 4.78 is 45.8. The number of allylic oxidation sites excluding steroid dienone is 8. The molecule has 0 radical (unpaired) electrons. The molecule has 0 fully saturated rings. The van der Waals surface area contributed by atoms with Gasteiger partial charge in [-0.15, -0.1) is 0 Å². The number of rotatable bonds is 8. The summed E-state index contributed by atoms with van der Waals surface area (Å²) in [6, 6.07) is 4.73. The fourth-order valence-corrected chi connectivity index (χ4v) is 2.85. The molecule has 35 heavy (non-hydrogen) atoms. The van der Waals surface area contributed by atoms with Crippen LogP contribution in [0.1, 0.15) is 6.92 Å². The largest absolute Gasteiger partial charge is 0.497 e. The number of amides is 1. The van der Waals surface area contributed by atoms with Gasteiger partial charge < -0.3 is 15.0 Å². The molecule has 2 heterocycles. The number of hydrogen-bond acceptors (Lipinski definition) is 6. The molecule has 1 aliphatic heterocycles. The molecule has 1 aliphatic rings. The van der Waals surface area contributed by atoms with Gasteiger partial charge in [0.25, 0.3) is 0 Å². The standard InChI is InChI=1S/C25H24F3N5O2/c1-4-6-7-18(14-29)9-13-23(34)32-22-12-10-20(16-30-22)33-17-19(8-11-21(5-2)35-3)15-31-24(33)25(26,27)28/h4-13,16H,2,15,17H2,1,3H3,(H,30,32,34)/b6-4-,13-9+,18-7+,19-8+,21-11+. The van der Waals surface area contributed by atoms with Gasteiger partial charge in [-0.2, -0.15) is 18.4 Å². The fraction of sp³-hybridized carbons (Fsp3) is 0.200. The molecule has 10 heteroatoms. The molecule has 1 amide bonds. The van der Waals surface area contributed by atoms with E-state index in [4.69, 9.17) is 10.00 Å². The number of pyridine rings is 1. The van der Waals surface area contributed by atoms with Crippen LogP contribution in [0, 0.1) is 11.3 Å². The lowest BCUT2D eigenvalue weighted by Gasteiger charge is -2.31. The van der Waals surface area contributed by atoms with E-state index in [2.05, 4.69) is 21.9 Å². The van der Waals surface area contributed by atoms with Crippen molar-refractivity contribution in [3.05, 3.63) is 90.4 Å². The van der Waals surface area contributed by atoms with E-state index in [1.807, 2.05) is 6.07 Å². The summed E-state index contributed by atoms with van der Waals surface area (Å²) in [5.74, 6) is -0.982. The van der Waals surface area contributed by atoms with Crippen LogP contribution in [-0.4, -0.2) is 43.1 Å². The highest BCUT2D eigenvalue weighted by molar-refractivity contribution is 6.03. The van der Waals surface area contributed by atoms with E-state index >= 15 is 0 Å². The molecule has 0 saturated carbocycles. The number of nitrogens with one attached hydrogen (secondary N) is 1. The zero-order valence-electron chi connectivity index (χ0n) is 19.2. The normalized spacial score (nSPS) is 16.4. The van der Waals surface area contributed by atoms with Gasteiger partial charge >= 0.3 is 6.18 Å². The van der Waals surface area contributed by atoms with Crippen molar-refractivity contribution < 1.29 is 22.7 Å². The van der Waals surface area contributed by atoms with Gasteiger partial charge in [0.1, 0.15) is 11.6 Å². The lowest BCUT2D eigenvalue weighted by molar-refractivity contribution is -0.111. The summed E-state index contributed by atoms with van der Waals surface area (Å²) in [6.45, 7) is 5.21. The van der Waals surface area contributed by atoms with Crippen molar-refractivity contribution in [2.45, 2.75) is 13.1 Å². The summed E-state index contributed by atoms with van der Waals surface area (Å²) in [6.07, 6.45) is 8.72. The average Bonchev–Trinajstić information content (AvgIpc) is 2.84. The van der Waals surface area contributed by atoms with Gasteiger partial charge in [-0.1, -0.05) is 24.8 Å². The van der Waals surface area contributed by atoms with Crippen molar-refractivity contribution in [2.75, 3.05) is 30.4 Å². The smallest absolute Gasteiger partial charge is 0.449 e. The molecule has 0 aromatic carbocycles. The number of methoxy groups -OCH3 is 1. The summed E-state index contributed by atoms with van der Waals surface area (Å²) in [7, 11) is 1.46. The second-order valence-corrected chi connectivity index (χ2v) is 7.01. The maximum atomic E-state index is 13.6. The van der Waals surface area contributed by atoms with Crippen molar-refractivity contribution in [1.82, 2.24) is 4.98 Å². The molecule has 1 aromatic rings. The number of ether oxygens (including phenoxy) is 1. The highest BCUT2D eigenvalue weighted by Crippen LogP contribution is 2.28. The number of carbonyl (C=O) groups is 1. The van der Waals surface area contributed by atoms with Crippen molar-refractivity contribution in [3.63, 3.8) is 0 Å². The Hall–Kier alpha value is -4.39. The Bertz CT molecular complexity index is 1150. The monoisotopic (exact) mass is 483 g/mol. The number of carbonyl (C=O) groups excluding carboxylic acids is 1. The van der Waals surface area contributed by atoms with Crippen molar-refractivity contribution >= 4 is 23.2 Å². The molecular weight excluding hydrogens is 459 g/mol. The molecule has 0 aliphatic carbocycles. The van der Waals surface area contributed by atoms with Gasteiger partial charge in [0, 0.05) is 12.6 Å². The van der Waals surface area contributed by atoms with Gasteiger partial charge in [0.05, 0.1) is 37.2 Å². The quantitative estimate of drug-likeness (QED) is 0.243. The number of hydrogen-bond donors (Lipinski definition) is 1. The molecule has 2 rings (SSSR count). The van der Waals surface area contributed by atoms with Crippen LogP contribution in [0.4, 0.5) is 24.7 Å². The van der Waals surface area contributed by atoms with E-state index in [-0.39, 0.29) is 30.2 Å². The third-order valence-electron chi connectivity index (χ3n) is 4.54. The predicted molar refractivity (Wildman–Crippen MR) is 130 cm³/mol. The third-order valence-corrected chi connectivity index (χ3v) is 4.54. The zero-order chi connectivity index (χ0) is 25.8. The van der Waals surface area contributed by atoms with E-state index in [0.29, 0.717) is 11.3 Å². The number of alkyl halides is 3. The van der Waals surface area contributed by atoms with Crippen molar-refractivity contribution in [2.24, 2.45) is 4.99 Å². The van der Waals surface area contributed by atoms with E-state index in [1.54, 1.807) is 37.3 Å². The van der Waals surface area contributed by atoms with E-state index in [9.17, 15) is 18.0 Å². The molecular formula is C25H24F3N5O2. The second kappa shape index (κ2) is 12.7. The van der Waals surface area contributed by atoms with Crippen LogP contribution in [-0.2, 0) is 9.53 Å². The minimum absolute atomic E-state index is 0.0609. The first-order valence-corrected chi connectivity index (χ1v) is 10.3. The molecule has 0 unspecified atom stereocenters. The molecule has 7 nitrogen and oxygen atoms in total. The highest BCUT2D eigenvalue weighted by Gasteiger charge is 2.42. The number of anilines is 2. The second-order valence-electron chi connectivity index (χ2n) is 7.01. The zero-order valence-corrected chi connectivity index (χ0v) is 19.2. The van der Waals surface area contributed by atoms with Gasteiger partial charge in [-0.25, -0.2) is 4.98 Å². The Morgan fingerprint density at radius 3 is 2.66 bits per heavy atom. The minimum atomic E-state index is -4.66. The lowest BCUT2D eigenvalue weighted by atomic mass is 10.1. The lowest BCUT2D eigenvalue weighted by Crippen LogP contribution is -2.45. The van der Waals surface area contributed by atoms with Crippen LogP contribution in [0.15, 0.2) is 95.4 Å². The van der Waals surface area contributed by atoms with Gasteiger partial charge in [-0.3, -0.25) is 9.79 Å². The molecule has 0 saturated heterocycles. The molecule has 0 spiro atoms. The van der Waals surface area contributed by atoms with Crippen LogP contribution in [0.3, 0.4) is 0 Å². The number of amidine groups is 1. The maximum Gasteiger partial charge on any atom is 0.449 e. The number of nitrogens with zero attached hydrogens (tertiary/aromatic N) is 4. The first-order chi connectivity index (χ1) is 16.7. The Morgan fingerprint density at radius 2 is 2.09 bits per heavy atom. The third kappa shape index (κ3) is 8.16. The molecule has 0 atom stereocenters. The Kier molecular flexibility index (Phi) is 9.78. The fourth-order valence-electron chi connectivity index (χ4n) is 2.85. The number of aromatic nitrogens is 1. The maximum absolute atomic E-state index is 13.6. The van der Waals surface area contributed by atoms with Gasteiger partial charge in [0.15, 0.2) is 0 Å². The highest BCUT2D eigenvalue weighted by atomic mass is 19.4. The minimum Gasteiger partial charge on any atom is -0.497 e. The molecule has 1 aromatic heterocycles. The summed E-state index contributed by atoms with van der Waals surface area (Å²) in [5.41, 5.74) is 1.05.